The van der Waals surface area contributed by atoms with E-state index in [4.69, 9.17) is 0 Å². The first-order valence-corrected chi connectivity index (χ1v) is 29.3. The van der Waals surface area contributed by atoms with Crippen molar-refractivity contribution in [3.63, 3.8) is 0 Å². The molecular formula is C77H76O9. The molecule has 0 saturated heterocycles. The molecule has 0 bridgehead atoms. The lowest BCUT2D eigenvalue weighted by Crippen LogP contribution is -2.20. The van der Waals surface area contributed by atoms with Crippen molar-refractivity contribution in [1.82, 2.24) is 0 Å². The van der Waals surface area contributed by atoms with Crippen molar-refractivity contribution in [1.29, 1.82) is 0 Å². The summed E-state index contributed by atoms with van der Waals surface area (Å²) in [5.41, 5.74) is 18.7. The van der Waals surface area contributed by atoms with Gasteiger partial charge in [0.25, 0.3) is 0 Å². The molecule has 0 heterocycles. The molecule has 0 radical (unpaired) electrons. The maximum Gasteiger partial charge on any atom is 0.122 e. The van der Waals surface area contributed by atoms with E-state index in [2.05, 4.69) is 74.5 Å². The van der Waals surface area contributed by atoms with Gasteiger partial charge in [-0.15, -0.1) is 0 Å². The van der Waals surface area contributed by atoms with E-state index in [1.807, 2.05) is 114 Å². The van der Waals surface area contributed by atoms with Gasteiger partial charge < -0.3 is 46.0 Å². The minimum Gasteiger partial charge on any atom is -0.508 e. The Morgan fingerprint density at radius 3 is 0.791 bits per heavy atom. The molecule has 0 spiro atoms. The lowest BCUT2D eigenvalue weighted by Gasteiger charge is -2.29. The topological polar surface area (TPSA) is 182 Å². The second-order valence-corrected chi connectivity index (χ2v) is 24.4. The van der Waals surface area contributed by atoms with Crippen molar-refractivity contribution in [2.45, 2.75) is 112 Å². The highest BCUT2D eigenvalue weighted by atomic mass is 16.3. The molecule has 1 unspecified atom stereocenters. The van der Waals surface area contributed by atoms with E-state index < -0.39 is 5.41 Å². The lowest BCUT2D eigenvalue weighted by atomic mass is 9.75. The molecule has 0 saturated carbocycles. The zero-order valence-corrected chi connectivity index (χ0v) is 50.2. The Morgan fingerprint density at radius 2 is 0.523 bits per heavy atom. The van der Waals surface area contributed by atoms with Crippen LogP contribution in [0.1, 0.15) is 148 Å². The molecular weight excluding hydrogens is 1070 g/mol. The molecule has 0 aliphatic heterocycles. The summed E-state index contributed by atoms with van der Waals surface area (Å²) in [4.78, 5) is 0. The molecule has 9 nitrogen and oxygen atoms in total. The first kappa shape index (κ1) is 59.6. The first-order valence-electron chi connectivity index (χ1n) is 29.3. The average Bonchev–Trinajstić information content (AvgIpc) is 1.08. The molecule has 10 aromatic rings. The largest absolute Gasteiger partial charge is 0.508 e. The molecule has 9 heteroatoms. The van der Waals surface area contributed by atoms with Gasteiger partial charge in [0, 0.05) is 49.9 Å². The van der Waals surface area contributed by atoms with Gasteiger partial charge in [-0.2, -0.15) is 0 Å². The first-order chi connectivity index (χ1) is 40.9. The summed E-state index contributed by atoms with van der Waals surface area (Å²) in [6, 6.07) is 54.3. The van der Waals surface area contributed by atoms with Crippen LogP contribution in [0.5, 0.6) is 51.7 Å². The van der Waals surface area contributed by atoms with Crippen molar-refractivity contribution in [3.8, 4) is 51.7 Å². The van der Waals surface area contributed by atoms with Gasteiger partial charge in [0.05, 0.1) is 0 Å². The van der Waals surface area contributed by atoms with Crippen molar-refractivity contribution in [2.24, 2.45) is 0 Å². The van der Waals surface area contributed by atoms with Gasteiger partial charge in [0.2, 0.25) is 0 Å². The van der Waals surface area contributed by atoms with Gasteiger partial charge in [0.15, 0.2) is 0 Å². The highest BCUT2D eigenvalue weighted by Gasteiger charge is 2.28. The fourth-order valence-corrected chi connectivity index (χ4v) is 12.1. The highest BCUT2D eigenvalue weighted by Crippen LogP contribution is 2.42. The average molecular weight is 1150 g/mol. The molecule has 9 N–H and O–H groups in total. The smallest absolute Gasteiger partial charge is 0.122 e. The number of aryl methyl sites for hydroxylation is 6. The zero-order chi connectivity index (χ0) is 61.3. The van der Waals surface area contributed by atoms with Crippen LogP contribution in [0.25, 0.3) is 0 Å². The van der Waals surface area contributed by atoms with Crippen molar-refractivity contribution < 1.29 is 46.0 Å². The number of aromatic hydroxyl groups is 9. The van der Waals surface area contributed by atoms with Crippen LogP contribution in [-0.4, -0.2) is 46.0 Å². The van der Waals surface area contributed by atoms with Gasteiger partial charge in [-0.1, -0.05) is 147 Å². The van der Waals surface area contributed by atoms with E-state index in [0.29, 0.717) is 56.1 Å². The standard InChI is InChI=1S/C77H76O9/c1-44-25-50(9-19-68(44)78)31-59-37-56(38-60(74(59)84)32-51-10-20-69(79)45(2)26-51)39-67(58-40-61(33-52-11-21-70(80)46(3)27-52)75(85)62(41-58)34-53-12-22-71(81)47(4)28-53)57-15-17-65(18-16-57)77(7,8)66-42-63(35-54-13-23-72(82)48(5)29-54)76(86)64(43-66)36-55-14-24-73(83)49(6)30-55/h9-30,37-38,40-43,67,78-86H,31-36,39H2,1-8H3. The third-order valence-corrected chi connectivity index (χ3v) is 17.4. The Labute approximate surface area is 504 Å². The van der Waals surface area contributed by atoms with E-state index in [0.717, 1.165) is 117 Å². The Morgan fingerprint density at radius 1 is 0.267 bits per heavy atom. The van der Waals surface area contributed by atoms with Gasteiger partial charge in [-0.3, -0.25) is 0 Å². The van der Waals surface area contributed by atoms with Gasteiger partial charge in [0.1, 0.15) is 51.7 Å². The second-order valence-electron chi connectivity index (χ2n) is 24.4. The van der Waals surface area contributed by atoms with Crippen LogP contribution in [0.4, 0.5) is 0 Å². The predicted molar refractivity (Wildman–Crippen MR) is 342 cm³/mol. The van der Waals surface area contributed by atoms with Crippen LogP contribution in [0.15, 0.2) is 170 Å². The maximum absolute atomic E-state index is 12.4. The Hall–Kier alpha value is -9.60. The summed E-state index contributed by atoms with van der Waals surface area (Å²) in [6.07, 6.45) is 2.88. The summed E-state index contributed by atoms with van der Waals surface area (Å²) in [6.45, 7) is 15.5. The van der Waals surface area contributed by atoms with Gasteiger partial charge in [-0.05, 0) is 212 Å². The van der Waals surface area contributed by atoms with Crippen LogP contribution >= 0.6 is 0 Å². The van der Waals surface area contributed by atoms with Crippen LogP contribution in [0.2, 0.25) is 0 Å². The summed E-state index contributed by atoms with van der Waals surface area (Å²) in [5.74, 6) is 1.40. The number of hydrogen-bond acceptors (Lipinski definition) is 9. The SMILES string of the molecule is Cc1cc(Cc2cc(CC(c3ccc(C(C)(C)c4cc(Cc5ccc(O)c(C)c5)c(O)c(Cc5ccc(O)c(C)c5)c4)cc3)c3cc(Cc4ccc(O)c(C)c4)c(O)c(Cc4ccc(O)c(C)c4)c3)cc(Cc3ccc(O)c(C)c3)c2O)ccc1O. The van der Waals surface area contributed by atoms with Crippen molar-refractivity contribution in [3.05, 3.63) is 298 Å². The minimum atomic E-state index is -0.593. The lowest BCUT2D eigenvalue weighted by molar-refractivity contribution is 0.461. The quantitative estimate of drug-likeness (QED) is 0.0404. The normalized spacial score (nSPS) is 12.0. The molecule has 0 aromatic heterocycles. The molecule has 10 rings (SSSR count). The molecule has 10 aromatic carbocycles. The monoisotopic (exact) mass is 1140 g/mol. The van der Waals surface area contributed by atoms with Crippen LogP contribution in [-0.2, 0) is 50.4 Å². The second kappa shape index (κ2) is 24.5. The minimum absolute atomic E-state index is 0.164. The summed E-state index contributed by atoms with van der Waals surface area (Å²) >= 11 is 0. The van der Waals surface area contributed by atoms with E-state index in [-0.39, 0.29) is 57.7 Å². The molecule has 438 valence electrons. The number of benzene rings is 10. The summed E-state index contributed by atoms with van der Waals surface area (Å²) in [5, 5.41) is 99.6. The zero-order valence-electron chi connectivity index (χ0n) is 50.2. The number of rotatable bonds is 18. The van der Waals surface area contributed by atoms with E-state index >= 15 is 0 Å². The fourth-order valence-electron chi connectivity index (χ4n) is 12.1. The maximum atomic E-state index is 12.4. The molecule has 0 amide bonds. The Bertz CT molecular complexity index is 3970. The molecule has 0 aliphatic rings. The van der Waals surface area contributed by atoms with Crippen molar-refractivity contribution >= 4 is 0 Å². The number of phenols is 9. The fraction of sp³-hybridized carbons (Fsp3) is 0.221. The summed E-state index contributed by atoms with van der Waals surface area (Å²) in [7, 11) is 0. The van der Waals surface area contributed by atoms with Crippen LogP contribution < -0.4 is 0 Å². The Kier molecular flexibility index (Phi) is 17.0. The number of hydrogen-bond donors (Lipinski definition) is 9. The predicted octanol–water partition coefficient (Wildman–Crippen LogP) is 16.1. The third kappa shape index (κ3) is 13.2. The van der Waals surface area contributed by atoms with E-state index in [1.165, 1.54) is 0 Å². The van der Waals surface area contributed by atoms with Crippen molar-refractivity contribution in [2.75, 3.05) is 0 Å². The van der Waals surface area contributed by atoms with Gasteiger partial charge in [-0.25, -0.2) is 0 Å². The van der Waals surface area contributed by atoms with Crippen LogP contribution in [0.3, 0.4) is 0 Å². The molecule has 86 heavy (non-hydrogen) atoms. The highest BCUT2D eigenvalue weighted by molar-refractivity contribution is 5.57. The third-order valence-electron chi connectivity index (χ3n) is 17.4. The van der Waals surface area contributed by atoms with E-state index in [9.17, 15) is 46.0 Å². The van der Waals surface area contributed by atoms with E-state index in [1.54, 1.807) is 36.4 Å². The Balaban J connectivity index is 1.12. The molecule has 0 fully saturated rings. The molecule has 1 atom stereocenters. The summed E-state index contributed by atoms with van der Waals surface area (Å²) < 4.78 is 0. The van der Waals surface area contributed by atoms with Gasteiger partial charge >= 0.3 is 0 Å². The molecule has 0 aliphatic carbocycles. The van der Waals surface area contributed by atoms with Crippen LogP contribution in [0, 0.1) is 41.5 Å². The number of phenolic OH excluding ortho intramolecular Hbond substituents is 9.